The molecular formula is C32H32ClN5O4. The first kappa shape index (κ1) is 28.9. The van der Waals surface area contributed by atoms with E-state index in [0.29, 0.717) is 46.6 Å². The van der Waals surface area contributed by atoms with Gasteiger partial charge in [0, 0.05) is 42.4 Å². The van der Waals surface area contributed by atoms with Gasteiger partial charge in [0.25, 0.3) is 0 Å². The molecule has 4 N–H and O–H groups in total. The van der Waals surface area contributed by atoms with Crippen molar-refractivity contribution in [1.82, 2.24) is 14.0 Å². The Balaban J connectivity index is 1.84. The molecule has 1 aliphatic heterocycles. The Kier molecular flexibility index (Phi) is 7.55. The number of hydrogen-bond acceptors (Lipinski definition) is 5. The third-order valence-corrected chi connectivity index (χ3v) is 8.14. The molecule has 0 aliphatic carbocycles. The lowest BCUT2D eigenvalue weighted by atomic mass is 9.96. The van der Waals surface area contributed by atoms with Crippen LogP contribution in [0.15, 0.2) is 70.8 Å². The van der Waals surface area contributed by atoms with Gasteiger partial charge in [0.1, 0.15) is 0 Å². The first-order valence-corrected chi connectivity index (χ1v) is 14.0. The number of amides is 2. The summed E-state index contributed by atoms with van der Waals surface area (Å²) in [6, 6.07) is 13.8. The number of rotatable bonds is 7. The van der Waals surface area contributed by atoms with Crippen LogP contribution in [0, 0.1) is 12.8 Å². The number of para-hydroxylation sites is 1. The van der Waals surface area contributed by atoms with Crippen molar-refractivity contribution >= 4 is 40.1 Å². The Morgan fingerprint density at radius 1 is 1.05 bits per heavy atom. The van der Waals surface area contributed by atoms with Gasteiger partial charge in [0.15, 0.2) is 0 Å². The monoisotopic (exact) mass is 585 g/mol. The number of hydrogen-bond donors (Lipinski definition) is 2. The summed E-state index contributed by atoms with van der Waals surface area (Å²) >= 11 is 6.85. The van der Waals surface area contributed by atoms with Crippen molar-refractivity contribution in [2.24, 2.45) is 11.7 Å². The molecule has 9 nitrogen and oxygen atoms in total. The van der Waals surface area contributed by atoms with Crippen LogP contribution in [0.1, 0.15) is 41.3 Å². The summed E-state index contributed by atoms with van der Waals surface area (Å²) in [6.07, 6.45) is 1.26. The van der Waals surface area contributed by atoms with E-state index in [4.69, 9.17) is 23.1 Å². The maximum atomic E-state index is 14.0. The van der Waals surface area contributed by atoms with Gasteiger partial charge in [-0.1, -0.05) is 50.2 Å². The predicted molar refractivity (Wildman–Crippen MR) is 166 cm³/mol. The molecular weight excluding hydrogens is 554 g/mol. The zero-order valence-electron chi connectivity index (χ0n) is 23.7. The van der Waals surface area contributed by atoms with Crippen molar-refractivity contribution in [1.29, 1.82) is 0 Å². The number of primary amides is 1. The van der Waals surface area contributed by atoms with E-state index in [1.807, 2.05) is 39.0 Å². The fraction of sp³-hybridized carbons (Fsp3) is 0.250. The highest BCUT2D eigenvalue weighted by atomic mass is 35.5. The molecule has 3 aromatic carbocycles. The summed E-state index contributed by atoms with van der Waals surface area (Å²) in [5.74, 6) is -0.828. The van der Waals surface area contributed by atoms with E-state index in [0.717, 1.165) is 11.1 Å². The highest BCUT2D eigenvalue weighted by Crippen LogP contribution is 2.37. The molecule has 1 aliphatic rings. The molecule has 0 bridgehead atoms. The number of halogens is 1. The topological polar surface area (TPSA) is 133 Å². The van der Waals surface area contributed by atoms with Crippen LogP contribution < -0.4 is 22.6 Å². The van der Waals surface area contributed by atoms with Crippen LogP contribution in [0.3, 0.4) is 0 Å². The van der Waals surface area contributed by atoms with Crippen molar-refractivity contribution in [2.75, 3.05) is 18.8 Å². The molecule has 1 aromatic heterocycles. The Morgan fingerprint density at radius 3 is 2.40 bits per heavy atom. The number of aromatic nitrogens is 2. The zero-order valence-corrected chi connectivity index (χ0v) is 24.4. The van der Waals surface area contributed by atoms with Crippen molar-refractivity contribution in [3.05, 3.63) is 104 Å². The second-order valence-corrected chi connectivity index (χ2v) is 11.4. The van der Waals surface area contributed by atoms with Crippen molar-refractivity contribution in [3.63, 3.8) is 0 Å². The van der Waals surface area contributed by atoms with Crippen LogP contribution in [0.5, 0.6) is 0 Å². The van der Waals surface area contributed by atoms with Crippen molar-refractivity contribution in [2.45, 2.75) is 33.2 Å². The van der Waals surface area contributed by atoms with Crippen LogP contribution >= 0.6 is 11.6 Å². The lowest BCUT2D eigenvalue weighted by Crippen LogP contribution is -2.52. The number of benzene rings is 3. The highest BCUT2D eigenvalue weighted by molar-refractivity contribution is 6.34. The van der Waals surface area contributed by atoms with Gasteiger partial charge in [0.2, 0.25) is 11.8 Å². The highest BCUT2D eigenvalue weighted by Gasteiger charge is 2.31. The molecule has 0 radical (unpaired) electrons. The van der Waals surface area contributed by atoms with Crippen LogP contribution in [0.4, 0.5) is 5.69 Å². The smallest absolute Gasteiger partial charge is 0.321 e. The number of likely N-dealkylation sites (tertiary alicyclic amines) is 1. The molecule has 0 unspecified atom stereocenters. The Hall–Kier alpha value is -4.63. The van der Waals surface area contributed by atoms with Crippen molar-refractivity contribution in [3.8, 4) is 16.8 Å². The minimum absolute atomic E-state index is 0.0384. The molecule has 5 rings (SSSR count). The van der Waals surface area contributed by atoms with E-state index in [1.165, 1.54) is 21.3 Å². The summed E-state index contributed by atoms with van der Waals surface area (Å²) in [5, 5.41) is 0.250. The zero-order chi connectivity index (χ0) is 30.5. The fourth-order valence-corrected chi connectivity index (χ4v) is 5.95. The van der Waals surface area contributed by atoms with E-state index in [-0.39, 0.29) is 34.9 Å². The molecule has 2 amide bonds. The molecule has 4 aromatic rings. The summed E-state index contributed by atoms with van der Waals surface area (Å²) in [7, 11) is 0. The summed E-state index contributed by atoms with van der Waals surface area (Å²) in [5.41, 5.74) is 15.0. The maximum Gasteiger partial charge on any atom is 0.321 e. The molecule has 2 heterocycles. The third kappa shape index (κ3) is 4.90. The normalized spacial score (nSPS) is 13.4. The second kappa shape index (κ2) is 11.0. The number of nitrogens with two attached hydrogens (primary N) is 2. The standard InChI is InChI=1S/C32H32ClN5O4/c1-5-28(39)36-14-19(15-36)16-37-26-13-25(33)24(23-11-20(34)9-10-22(23)30(35)40)12-27(26)38(32(42)31(37)41)29-18(4)7-6-8-21(29)17(2)3/h5-13,17,19H,1,14-16,34H2,2-4H3,(H2,35,40). The maximum absolute atomic E-state index is 14.0. The number of fused-ring (bicyclic) bond motifs is 1. The van der Waals surface area contributed by atoms with Gasteiger partial charge in [-0.05, 0) is 65.9 Å². The number of nitrogen functional groups attached to an aromatic ring is 1. The van der Waals surface area contributed by atoms with Crippen LogP contribution in [-0.4, -0.2) is 38.9 Å². The van der Waals surface area contributed by atoms with Crippen LogP contribution in [0.25, 0.3) is 27.8 Å². The van der Waals surface area contributed by atoms with Crippen molar-refractivity contribution < 1.29 is 9.59 Å². The predicted octanol–water partition coefficient (Wildman–Crippen LogP) is 4.23. The summed E-state index contributed by atoms with van der Waals surface area (Å²) in [6.45, 7) is 10.6. The Bertz CT molecular complexity index is 1900. The van der Waals surface area contributed by atoms with Crippen LogP contribution in [-0.2, 0) is 11.3 Å². The fourth-order valence-electron chi connectivity index (χ4n) is 5.69. The van der Waals surface area contributed by atoms with E-state index in [1.54, 1.807) is 29.2 Å². The number of carbonyl (C=O) groups excluding carboxylic acids is 2. The molecule has 0 spiro atoms. The first-order valence-electron chi connectivity index (χ1n) is 13.6. The number of carbonyl (C=O) groups is 2. The molecule has 0 saturated carbocycles. The van der Waals surface area contributed by atoms with Gasteiger partial charge in [-0.15, -0.1) is 0 Å². The molecule has 216 valence electrons. The summed E-state index contributed by atoms with van der Waals surface area (Å²) in [4.78, 5) is 53.8. The molecule has 0 atom stereocenters. The number of nitrogens with zero attached hydrogens (tertiary/aromatic N) is 3. The molecule has 10 heteroatoms. The van der Waals surface area contributed by atoms with Gasteiger partial charge < -0.3 is 20.9 Å². The van der Waals surface area contributed by atoms with E-state index >= 15 is 0 Å². The average molecular weight is 586 g/mol. The second-order valence-electron chi connectivity index (χ2n) is 11.0. The molecule has 42 heavy (non-hydrogen) atoms. The Morgan fingerprint density at radius 2 is 1.76 bits per heavy atom. The van der Waals surface area contributed by atoms with E-state index in [9.17, 15) is 19.2 Å². The van der Waals surface area contributed by atoms with E-state index < -0.39 is 17.0 Å². The molecule has 1 saturated heterocycles. The SMILES string of the molecule is C=CC(=O)N1CC(Cn2c(=O)c(=O)n(-c3c(C)cccc3C(C)C)c3cc(-c4cc(N)ccc4C(N)=O)c(Cl)cc32)C1. The lowest BCUT2D eigenvalue weighted by Gasteiger charge is -2.39. The van der Waals surface area contributed by atoms with Gasteiger partial charge in [-0.25, -0.2) is 0 Å². The first-order chi connectivity index (χ1) is 19.9. The lowest BCUT2D eigenvalue weighted by molar-refractivity contribution is -0.132. The van der Waals surface area contributed by atoms with Gasteiger partial charge in [-0.2, -0.15) is 0 Å². The number of aryl methyl sites for hydroxylation is 1. The number of anilines is 1. The summed E-state index contributed by atoms with van der Waals surface area (Å²) < 4.78 is 2.88. The van der Waals surface area contributed by atoms with Gasteiger partial charge >= 0.3 is 11.1 Å². The van der Waals surface area contributed by atoms with Gasteiger partial charge in [0.05, 0.1) is 21.7 Å². The minimum atomic E-state index is -0.715. The average Bonchev–Trinajstić information content (AvgIpc) is 2.92. The largest absolute Gasteiger partial charge is 0.399 e. The molecule has 1 fully saturated rings. The van der Waals surface area contributed by atoms with Gasteiger partial charge in [-0.3, -0.25) is 23.7 Å². The van der Waals surface area contributed by atoms with Crippen LogP contribution in [0.2, 0.25) is 5.02 Å². The minimum Gasteiger partial charge on any atom is -0.399 e. The third-order valence-electron chi connectivity index (χ3n) is 7.83. The quantitative estimate of drug-likeness (QED) is 0.190. The van der Waals surface area contributed by atoms with E-state index in [2.05, 4.69) is 6.58 Å². The Labute approximate surface area is 247 Å².